The molecule has 0 heterocycles. The molecule has 0 fully saturated rings. The number of carbonyl (C=O) groups is 1. The number of anilines is 1. The first-order valence-corrected chi connectivity index (χ1v) is 13.4. The summed E-state index contributed by atoms with van der Waals surface area (Å²) in [5.74, 6) is -0.0412. The second kappa shape index (κ2) is 11.6. The van der Waals surface area contributed by atoms with Gasteiger partial charge >= 0.3 is 0 Å². The summed E-state index contributed by atoms with van der Waals surface area (Å²) in [7, 11) is -4.09. The molecule has 186 valence electrons. The first-order valence-electron chi connectivity index (χ1n) is 11.5. The van der Waals surface area contributed by atoms with Gasteiger partial charge in [0.15, 0.2) is 0 Å². The largest absolute Gasteiger partial charge is 0.492 e. The molecule has 0 aliphatic carbocycles. The molecule has 1 N–H and O–H groups in total. The molecule has 0 saturated carbocycles. The minimum Gasteiger partial charge on any atom is -0.492 e. The van der Waals surface area contributed by atoms with Crippen LogP contribution in [0.5, 0.6) is 5.75 Å². The molecule has 0 spiro atoms. The number of amides is 1. The number of rotatable bonds is 10. The number of sulfonamides is 1. The molecule has 3 aromatic rings. The molecule has 0 saturated heterocycles. The van der Waals surface area contributed by atoms with E-state index < -0.39 is 22.5 Å². The van der Waals surface area contributed by atoms with Crippen LogP contribution >= 0.6 is 11.6 Å². The highest BCUT2D eigenvalue weighted by molar-refractivity contribution is 7.92. The fourth-order valence-corrected chi connectivity index (χ4v) is 5.30. The number of hydrogen-bond acceptors (Lipinski definition) is 4. The number of aryl methyl sites for hydroxylation is 2. The third-order valence-electron chi connectivity index (χ3n) is 5.80. The van der Waals surface area contributed by atoms with Crippen LogP contribution in [0.25, 0.3) is 0 Å². The topological polar surface area (TPSA) is 75.7 Å². The SMILES string of the molecule is CCOc1ccccc1N(CC(=O)NC(CC)c1ccc(C)c(C)c1)S(=O)(=O)c1ccc(Cl)cc1. The van der Waals surface area contributed by atoms with Crippen LogP contribution in [0.4, 0.5) is 5.69 Å². The molecular weight excluding hydrogens is 484 g/mol. The van der Waals surface area contributed by atoms with Crippen molar-refractivity contribution in [1.82, 2.24) is 5.32 Å². The van der Waals surface area contributed by atoms with E-state index in [0.29, 0.717) is 29.5 Å². The number of carbonyl (C=O) groups excluding carboxylic acids is 1. The summed E-state index contributed by atoms with van der Waals surface area (Å²) in [4.78, 5) is 13.3. The van der Waals surface area contributed by atoms with Crippen LogP contribution in [0.2, 0.25) is 5.02 Å². The number of halogens is 1. The molecule has 8 heteroatoms. The number of ether oxygens (including phenoxy) is 1. The fourth-order valence-electron chi connectivity index (χ4n) is 3.75. The summed E-state index contributed by atoms with van der Waals surface area (Å²) in [6.07, 6.45) is 0.660. The maximum atomic E-state index is 13.7. The average molecular weight is 515 g/mol. The maximum absolute atomic E-state index is 13.7. The zero-order valence-corrected chi connectivity index (χ0v) is 22.0. The van der Waals surface area contributed by atoms with Crippen molar-refractivity contribution < 1.29 is 17.9 Å². The molecular formula is C27H31ClN2O4S. The van der Waals surface area contributed by atoms with Crippen LogP contribution in [-0.4, -0.2) is 27.5 Å². The lowest BCUT2D eigenvalue weighted by atomic mass is 9.99. The lowest BCUT2D eigenvalue weighted by Gasteiger charge is -2.27. The van der Waals surface area contributed by atoms with E-state index >= 15 is 0 Å². The Morgan fingerprint density at radius 1 is 1.00 bits per heavy atom. The first kappa shape index (κ1) is 26.6. The van der Waals surface area contributed by atoms with Gasteiger partial charge in [0.2, 0.25) is 5.91 Å². The van der Waals surface area contributed by atoms with Gasteiger partial charge in [0.05, 0.1) is 23.2 Å². The van der Waals surface area contributed by atoms with Gasteiger partial charge in [-0.05, 0) is 80.3 Å². The Balaban J connectivity index is 1.97. The number of para-hydroxylation sites is 2. The zero-order valence-electron chi connectivity index (χ0n) is 20.4. The summed E-state index contributed by atoms with van der Waals surface area (Å²) >= 11 is 5.97. The molecule has 0 aliphatic heterocycles. The van der Waals surface area contributed by atoms with Crippen molar-refractivity contribution in [1.29, 1.82) is 0 Å². The van der Waals surface area contributed by atoms with Gasteiger partial charge in [-0.25, -0.2) is 8.42 Å². The molecule has 1 atom stereocenters. The third kappa shape index (κ3) is 6.35. The van der Waals surface area contributed by atoms with E-state index in [2.05, 4.69) is 11.4 Å². The molecule has 0 bridgehead atoms. The van der Waals surface area contributed by atoms with Gasteiger partial charge in [0, 0.05) is 5.02 Å². The van der Waals surface area contributed by atoms with Crippen molar-refractivity contribution in [3.8, 4) is 5.75 Å². The van der Waals surface area contributed by atoms with Gasteiger partial charge in [-0.3, -0.25) is 9.10 Å². The maximum Gasteiger partial charge on any atom is 0.264 e. The third-order valence-corrected chi connectivity index (χ3v) is 7.83. The van der Waals surface area contributed by atoms with Crippen LogP contribution in [0.15, 0.2) is 71.6 Å². The van der Waals surface area contributed by atoms with Gasteiger partial charge in [-0.1, -0.05) is 48.9 Å². The number of benzene rings is 3. The molecule has 3 aromatic carbocycles. The molecule has 3 rings (SSSR count). The average Bonchev–Trinajstić information content (AvgIpc) is 2.84. The van der Waals surface area contributed by atoms with Crippen molar-refractivity contribution in [3.63, 3.8) is 0 Å². The highest BCUT2D eigenvalue weighted by Crippen LogP contribution is 2.33. The van der Waals surface area contributed by atoms with Crippen molar-refractivity contribution >= 4 is 33.2 Å². The van der Waals surface area contributed by atoms with Crippen LogP contribution in [0, 0.1) is 13.8 Å². The number of nitrogens with one attached hydrogen (secondary N) is 1. The van der Waals surface area contributed by atoms with Crippen molar-refractivity contribution in [3.05, 3.63) is 88.4 Å². The number of nitrogens with zero attached hydrogens (tertiary/aromatic N) is 1. The van der Waals surface area contributed by atoms with Crippen LogP contribution in [0.3, 0.4) is 0 Å². The molecule has 1 unspecified atom stereocenters. The Morgan fingerprint density at radius 3 is 2.31 bits per heavy atom. The Kier molecular flexibility index (Phi) is 8.81. The van der Waals surface area contributed by atoms with E-state index in [9.17, 15) is 13.2 Å². The minimum absolute atomic E-state index is 0.0298. The standard InChI is InChI=1S/C27H31ClN2O4S/c1-5-24(21-12-11-19(3)20(4)17-21)29-27(31)18-30(25-9-7-8-10-26(25)34-6-2)35(32,33)23-15-13-22(28)14-16-23/h7-17,24H,5-6,18H2,1-4H3,(H,29,31). The summed E-state index contributed by atoms with van der Waals surface area (Å²) in [6, 6.07) is 18.5. The van der Waals surface area contributed by atoms with Crippen molar-refractivity contribution in [2.45, 2.75) is 45.1 Å². The summed E-state index contributed by atoms with van der Waals surface area (Å²) < 4.78 is 34.2. The van der Waals surface area contributed by atoms with Crippen LogP contribution < -0.4 is 14.4 Å². The first-order chi connectivity index (χ1) is 16.7. The summed E-state index contributed by atoms with van der Waals surface area (Å²) in [5, 5.41) is 3.43. The van der Waals surface area contributed by atoms with E-state index in [4.69, 9.17) is 16.3 Å². The Labute approximate surface area is 212 Å². The van der Waals surface area contributed by atoms with E-state index in [0.717, 1.165) is 15.4 Å². The Morgan fingerprint density at radius 2 is 1.69 bits per heavy atom. The van der Waals surface area contributed by atoms with Gasteiger partial charge in [-0.2, -0.15) is 0 Å². The van der Waals surface area contributed by atoms with Gasteiger partial charge in [0.1, 0.15) is 12.3 Å². The van der Waals surface area contributed by atoms with Crippen LogP contribution in [-0.2, 0) is 14.8 Å². The normalized spacial score (nSPS) is 12.1. The Bertz CT molecular complexity index is 1280. The lowest BCUT2D eigenvalue weighted by Crippen LogP contribution is -2.42. The van der Waals surface area contributed by atoms with Crippen LogP contribution in [0.1, 0.15) is 43.0 Å². The molecule has 1 amide bonds. The summed E-state index contributed by atoms with van der Waals surface area (Å²) in [6.45, 7) is 7.80. The quantitative estimate of drug-likeness (QED) is 0.370. The van der Waals surface area contributed by atoms with Gasteiger partial charge in [-0.15, -0.1) is 0 Å². The second-order valence-corrected chi connectivity index (χ2v) is 10.5. The lowest BCUT2D eigenvalue weighted by molar-refractivity contribution is -0.120. The van der Waals surface area contributed by atoms with Gasteiger partial charge < -0.3 is 10.1 Å². The van der Waals surface area contributed by atoms with E-state index in [1.54, 1.807) is 24.3 Å². The van der Waals surface area contributed by atoms with Crippen molar-refractivity contribution in [2.24, 2.45) is 0 Å². The summed E-state index contributed by atoms with van der Waals surface area (Å²) in [5.41, 5.74) is 3.57. The van der Waals surface area contributed by atoms with E-state index in [-0.39, 0.29) is 10.9 Å². The second-order valence-electron chi connectivity index (χ2n) is 8.24. The van der Waals surface area contributed by atoms with E-state index in [1.165, 1.54) is 29.8 Å². The minimum atomic E-state index is -4.09. The fraction of sp³-hybridized carbons (Fsp3) is 0.296. The predicted octanol–water partition coefficient (Wildman–Crippen LogP) is 5.82. The molecule has 35 heavy (non-hydrogen) atoms. The Hall–Kier alpha value is -3.03. The highest BCUT2D eigenvalue weighted by Gasteiger charge is 2.30. The molecule has 0 aromatic heterocycles. The smallest absolute Gasteiger partial charge is 0.264 e. The van der Waals surface area contributed by atoms with E-state index in [1.807, 2.05) is 39.8 Å². The molecule has 0 aliphatic rings. The molecule has 6 nitrogen and oxygen atoms in total. The number of hydrogen-bond donors (Lipinski definition) is 1. The highest BCUT2D eigenvalue weighted by atomic mass is 35.5. The van der Waals surface area contributed by atoms with Gasteiger partial charge in [0.25, 0.3) is 10.0 Å². The monoisotopic (exact) mass is 514 g/mol. The molecule has 0 radical (unpaired) electrons. The zero-order chi connectivity index (χ0) is 25.6. The predicted molar refractivity (Wildman–Crippen MR) is 141 cm³/mol. The van der Waals surface area contributed by atoms with Crippen molar-refractivity contribution in [2.75, 3.05) is 17.5 Å².